The van der Waals surface area contributed by atoms with E-state index in [1.54, 1.807) is 19.0 Å². The predicted octanol–water partition coefficient (Wildman–Crippen LogP) is 1.58. The molecule has 2 N–H and O–H groups in total. The van der Waals surface area contributed by atoms with Crippen LogP contribution in [0, 0.1) is 13.8 Å². The first kappa shape index (κ1) is 14.5. The van der Waals surface area contributed by atoms with E-state index in [4.69, 9.17) is 0 Å². The minimum Gasteiger partial charge on any atom is -0.507 e. The monoisotopic (exact) mass is 250 g/mol. The fraction of sp³-hybridized carbons (Fsp3) is 0.500. The molecule has 0 saturated heterocycles. The number of hydrogen-bond donors (Lipinski definition) is 2. The number of aromatic hydroxyl groups is 1. The lowest BCUT2D eigenvalue weighted by Crippen LogP contribution is -2.26. The largest absolute Gasteiger partial charge is 0.507 e. The minimum absolute atomic E-state index is 0.126. The Balaban J connectivity index is 2.43. The number of rotatable bonds is 5. The second kappa shape index (κ2) is 6.40. The van der Waals surface area contributed by atoms with E-state index in [2.05, 4.69) is 5.32 Å². The van der Waals surface area contributed by atoms with Gasteiger partial charge in [0, 0.05) is 33.6 Å². The highest BCUT2D eigenvalue weighted by atomic mass is 16.3. The van der Waals surface area contributed by atoms with E-state index < -0.39 is 0 Å². The quantitative estimate of drug-likeness (QED) is 0.780. The maximum absolute atomic E-state index is 11.4. The third kappa shape index (κ3) is 4.04. The Kier molecular flexibility index (Phi) is 5.16. The first-order chi connectivity index (χ1) is 8.41. The van der Waals surface area contributed by atoms with Gasteiger partial charge in [0.05, 0.1) is 0 Å². The van der Waals surface area contributed by atoms with Gasteiger partial charge in [0.2, 0.25) is 5.91 Å². The van der Waals surface area contributed by atoms with Gasteiger partial charge in [-0.25, -0.2) is 0 Å². The zero-order valence-corrected chi connectivity index (χ0v) is 11.6. The normalized spacial score (nSPS) is 10.4. The molecule has 1 rings (SSSR count). The van der Waals surface area contributed by atoms with E-state index in [0.717, 1.165) is 16.7 Å². The molecule has 0 aromatic heterocycles. The summed E-state index contributed by atoms with van der Waals surface area (Å²) in [6, 6.07) is 3.92. The average Bonchev–Trinajstić information content (AvgIpc) is 2.31. The van der Waals surface area contributed by atoms with Crippen LogP contribution in [0.25, 0.3) is 0 Å². The van der Waals surface area contributed by atoms with Crippen molar-refractivity contribution < 1.29 is 9.90 Å². The van der Waals surface area contributed by atoms with Crippen molar-refractivity contribution in [3.63, 3.8) is 0 Å². The van der Waals surface area contributed by atoms with Crippen LogP contribution in [-0.4, -0.2) is 36.6 Å². The maximum Gasteiger partial charge on any atom is 0.223 e. The highest BCUT2D eigenvalue weighted by molar-refractivity contribution is 5.75. The molecule has 1 aromatic rings. The SMILES string of the molecule is Cc1cc(CNCCC(=O)N(C)C)cc(C)c1O. The number of nitrogens with one attached hydrogen (secondary N) is 1. The van der Waals surface area contributed by atoms with Crippen molar-refractivity contribution >= 4 is 5.91 Å². The molecule has 0 aliphatic heterocycles. The third-order valence-corrected chi connectivity index (χ3v) is 2.89. The lowest BCUT2D eigenvalue weighted by Gasteiger charge is -2.11. The molecule has 4 heteroatoms. The van der Waals surface area contributed by atoms with Gasteiger partial charge in [-0.05, 0) is 30.5 Å². The highest BCUT2D eigenvalue weighted by Gasteiger charge is 2.05. The summed E-state index contributed by atoms with van der Waals surface area (Å²) in [5.74, 6) is 0.488. The number of carbonyl (C=O) groups is 1. The van der Waals surface area contributed by atoms with Crippen LogP contribution in [0.4, 0.5) is 0 Å². The fourth-order valence-electron chi connectivity index (χ4n) is 1.80. The predicted molar refractivity (Wildman–Crippen MR) is 72.6 cm³/mol. The molecule has 4 nitrogen and oxygen atoms in total. The number of amides is 1. The number of phenolic OH excluding ortho intramolecular Hbond substituents is 1. The molecule has 0 spiro atoms. The zero-order valence-electron chi connectivity index (χ0n) is 11.6. The number of carbonyl (C=O) groups excluding carboxylic acids is 1. The molecule has 18 heavy (non-hydrogen) atoms. The van der Waals surface area contributed by atoms with Crippen LogP contribution in [0.15, 0.2) is 12.1 Å². The molecule has 0 atom stereocenters. The summed E-state index contributed by atoms with van der Waals surface area (Å²) in [5, 5.41) is 12.9. The molecular weight excluding hydrogens is 228 g/mol. The Hall–Kier alpha value is -1.55. The van der Waals surface area contributed by atoms with Crippen molar-refractivity contribution in [3.05, 3.63) is 28.8 Å². The van der Waals surface area contributed by atoms with E-state index in [-0.39, 0.29) is 5.91 Å². The second-order valence-electron chi connectivity index (χ2n) is 4.79. The Morgan fingerprint density at radius 1 is 1.28 bits per heavy atom. The summed E-state index contributed by atoms with van der Waals surface area (Å²) in [7, 11) is 3.52. The van der Waals surface area contributed by atoms with Crippen LogP contribution in [0.2, 0.25) is 0 Å². The molecule has 0 aliphatic carbocycles. The molecule has 0 saturated carbocycles. The lowest BCUT2D eigenvalue weighted by atomic mass is 10.1. The van der Waals surface area contributed by atoms with Gasteiger partial charge in [-0.3, -0.25) is 4.79 Å². The summed E-state index contributed by atoms with van der Waals surface area (Å²) < 4.78 is 0. The van der Waals surface area contributed by atoms with Gasteiger partial charge >= 0.3 is 0 Å². The average molecular weight is 250 g/mol. The van der Waals surface area contributed by atoms with Gasteiger partial charge in [0.15, 0.2) is 0 Å². The van der Waals surface area contributed by atoms with Gasteiger partial charge in [-0.2, -0.15) is 0 Å². The van der Waals surface area contributed by atoms with E-state index in [1.807, 2.05) is 26.0 Å². The second-order valence-corrected chi connectivity index (χ2v) is 4.79. The molecule has 1 aromatic carbocycles. The lowest BCUT2D eigenvalue weighted by molar-refractivity contribution is -0.128. The standard InChI is InChI=1S/C14H22N2O2/c1-10-7-12(8-11(2)14(10)18)9-15-6-5-13(17)16(3)4/h7-8,15,18H,5-6,9H2,1-4H3. The van der Waals surface area contributed by atoms with Crippen LogP contribution in [-0.2, 0) is 11.3 Å². The Bertz CT molecular complexity index is 405. The molecule has 0 fully saturated rings. The number of phenols is 1. The van der Waals surface area contributed by atoms with Gasteiger partial charge in [0.25, 0.3) is 0 Å². The van der Waals surface area contributed by atoms with Crippen molar-refractivity contribution in [3.8, 4) is 5.75 Å². The number of nitrogens with zero attached hydrogens (tertiary/aromatic N) is 1. The van der Waals surface area contributed by atoms with Crippen molar-refractivity contribution in [2.75, 3.05) is 20.6 Å². The summed E-state index contributed by atoms with van der Waals surface area (Å²) in [6.45, 7) is 5.15. The van der Waals surface area contributed by atoms with E-state index in [0.29, 0.717) is 25.3 Å². The Morgan fingerprint density at radius 2 is 1.83 bits per heavy atom. The Labute approximate surface area is 109 Å². The zero-order chi connectivity index (χ0) is 13.7. The Morgan fingerprint density at radius 3 is 2.33 bits per heavy atom. The van der Waals surface area contributed by atoms with Crippen molar-refractivity contribution in [2.45, 2.75) is 26.8 Å². The number of benzene rings is 1. The van der Waals surface area contributed by atoms with Crippen LogP contribution in [0.5, 0.6) is 5.75 Å². The fourth-order valence-corrected chi connectivity index (χ4v) is 1.80. The van der Waals surface area contributed by atoms with Gasteiger partial charge in [0.1, 0.15) is 5.75 Å². The molecule has 0 heterocycles. The van der Waals surface area contributed by atoms with Crippen LogP contribution in [0.3, 0.4) is 0 Å². The molecule has 0 bridgehead atoms. The molecule has 0 radical (unpaired) electrons. The van der Waals surface area contributed by atoms with E-state index in [1.165, 1.54) is 0 Å². The first-order valence-electron chi connectivity index (χ1n) is 6.11. The van der Waals surface area contributed by atoms with E-state index >= 15 is 0 Å². The van der Waals surface area contributed by atoms with Crippen LogP contribution >= 0.6 is 0 Å². The number of aryl methyl sites for hydroxylation is 2. The van der Waals surface area contributed by atoms with Crippen molar-refractivity contribution in [2.24, 2.45) is 0 Å². The maximum atomic E-state index is 11.4. The molecule has 1 amide bonds. The van der Waals surface area contributed by atoms with Crippen molar-refractivity contribution in [1.29, 1.82) is 0 Å². The molecule has 0 unspecified atom stereocenters. The van der Waals surface area contributed by atoms with Crippen LogP contribution in [0.1, 0.15) is 23.1 Å². The van der Waals surface area contributed by atoms with Crippen molar-refractivity contribution in [1.82, 2.24) is 10.2 Å². The van der Waals surface area contributed by atoms with Gasteiger partial charge < -0.3 is 15.3 Å². The summed E-state index contributed by atoms with van der Waals surface area (Å²) in [5.41, 5.74) is 2.90. The van der Waals surface area contributed by atoms with Gasteiger partial charge in [-0.1, -0.05) is 12.1 Å². The number of hydrogen-bond acceptors (Lipinski definition) is 3. The third-order valence-electron chi connectivity index (χ3n) is 2.89. The molecular formula is C14H22N2O2. The topological polar surface area (TPSA) is 52.6 Å². The summed E-state index contributed by atoms with van der Waals surface area (Å²) >= 11 is 0. The van der Waals surface area contributed by atoms with Crippen LogP contribution < -0.4 is 5.32 Å². The van der Waals surface area contributed by atoms with Gasteiger partial charge in [-0.15, -0.1) is 0 Å². The minimum atomic E-state index is 0.126. The molecule has 0 aliphatic rings. The van der Waals surface area contributed by atoms with E-state index in [9.17, 15) is 9.90 Å². The highest BCUT2D eigenvalue weighted by Crippen LogP contribution is 2.22. The molecule has 100 valence electrons. The summed E-state index contributed by atoms with van der Waals surface area (Å²) in [4.78, 5) is 13.0. The smallest absolute Gasteiger partial charge is 0.223 e. The first-order valence-corrected chi connectivity index (χ1v) is 6.11. The summed E-state index contributed by atoms with van der Waals surface area (Å²) in [6.07, 6.45) is 0.503.